The Morgan fingerprint density at radius 1 is 1.19 bits per heavy atom. The molecule has 0 radical (unpaired) electrons. The molecule has 0 aliphatic carbocycles. The molecule has 0 aliphatic heterocycles. The third kappa shape index (κ3) is 8.14. The molecule has 1 heterocycles. The molecule has 0 bridgehead atoms. The van der Waals surface area contributed by atoms with Gasteiger partial charge in [-0.1, -0.05) is 25.1 Å². The summed E-state index contributed by atoms with van der Waals surface area (Å²) >= 11 is 1.73. The minimum Gasteiger partial charge on any atom is -0.357 e. The molecule has 0 saturated carbocycles. The van der Waals surface area contributed by atoms with Gasteiger partial charge < -0.3 is 10.6 Å². The fraction of sp³-hybridized carbons (Fsp3) is 0.444. The maximum Gasteiger partial charge on any atom is 0.191 e. The van der Waals surface area contributed by atoms with Crippen molar-refractivity contribution >= 4 is 51.1 Å². The summed E-state index contributed by atoms with van der Waals surface area (Å²) in [5.74, 6) is 0.614. The Bertz CT molecular complexity index is 808. The summed E-state index contributed by atoms with van der Waals surface area (Å²) in [6, 6.07) is 8.48. The highest BCUT2D eigenvalue weighted by atomic mass is 127. The van der Waals surface area contributed by atoms with Gasteiger partial charge in [0.15, 0.2) is 15.8 Å². The molecule has 0 spiro atoms. The number of aromatic nitrogens is 1. The van der Waals surface area contributed by atoms with Gasteiger partial charge >= 0.3 is 0 Å². The van der Waals surface area contributed by atoms with Gasteiger partial charge in [0.25, 0.3) is 0 Å². The maximum absolute atomic E-state index is 12.3. The third-order valence-electron chi connectivity index (χ3n) is 3.66. The molecule has 150 valence electrons. The summed E-state index contributed by atoms with van der Waals surface area (Å²) < 4.78 is 24.6. The van der Waals surface area contributed by atoms with Gasteiger partial charge in [-0.15, -0.1) is 35.3 Å². The van der Waals surface area contributed by atoms with Crippen molar-refractivity contribution in [3.8, 4) is 0 Å². The van der Waals surface area contributed by atoms with Crippen LogP contribution in [0.5, 0.6) is 0 Å². The quantitative estimate of drug-likeness (QED) is 0.301. The average molecular weight is 522 g/mol. The molecule has 2 N–H and O–H groups in total. The van der Waals surface area contributed by atoms with Gasteiger partial charge in [0, 0.05) is 30.6 Å². The Hall–Kier alpha value is -1.20. The van der Waals surface area contributed by atoms with Crippen molar-refractivity contribution in [1.29, 1.82) is 0 Å². The fourth-order valence-corrected chi connectivity index (χ4v) is 4.28. The van der Waals surface area contributed by atoms with E-state index in [1.807, 2.05) is 13.1 Å². The standard InChI is InChI=1S/C18H26N4O2S2.HI/c1-3-15-14-22-17(25-15)10-11-20-18(19-4-2)21-12-13-26(23,24)16-8-6-5-7-9-16;/h5-9,14H,3-4,10-13H2,1-2H3,(H2,19,20,21);1H. The van der Waals surface area contributed by atoms with E-state index in [2.05, 4.69) is 27.5 Å². The van der Waals surface area contributed by atoms with Gasteiger partial charge in [-0.2, -0.15) is 0 Å². The molecule has 0 saturated heterocycles. The second kappa shape index (κ2) is 12.3. The zero-order chi connectivity index (χ0) is 18.8. The second-order valence-electron chi connectivity index (χ2n) is 5.64. The number of nitrogens with one attached hydrogen (secondary N) is 2. The number of halogens is 1. The fourth-order valence-electron chi connectivity index (χ4n) is 2.28. The summed E-state index contributed by atoms with van der Waals surface area (Å²) in [4.78, 5) is 10.4. The highest BCUT2D eigenvalue weighted by Gasteiger charge is 2.13. The number of sulfone groups is 1. The smallest absolute Gasteiger partial charge is 0.191 e. The molecule has 1 aromatic heterocycles. The summed E-state index contributed by atoms with van der Waals surface area (Å²) in [5, 5.41) is 7.47. The van der Waals surface area contributed by atoms with E-state index in [1.54, 1.807) is 41.7 Å². The lowest BCUT2D eigenvalue weighted by Crippen LogP contribution is -2.38. The van der Waals surface area contributed by atoms with Crippen molar-refractivity contribution < 1.29 is 8.42 Å². The number of guanidine groups is 1. The Morgan fingerprint density at radius 3 is 2.56 bits per heavy atom. The minimum absolute atomic E-state index is 0. The van der Waals surface area contributed by atoms with E-state index in [4.69, 9.17) is 0 Å². The number of thiazole rings is 1. The summed E-state index contributed by atoms with van der Waals surface area (Å²) in [7, 11) is -3.31. The molecule has 27 heavy (non-hydrogen) atoms. The number of rotatable bonds is 9. The Labute approximate surface area is 182 Å². The van der Waals surface area contributed by atoms with Crippen molar-refractivity contribution in [3.63, 3.8) is 0 Å². The summed E-state index contributed by atoms with van der Waals surface area (Å²) in [5.41, 5.74) is 0. The molecule has 1 aromatic carbocycles. The highest BCUT2D eigenvalue weighted by Crippen LogP contribution is 2.13. The average Bonchev–Trinajstić information content (AvgIpc) is 3.10. The highest BCUT2D eigenvalue weighted by molar-refractivity contribution is 14.0. The molecule has 0 unspecified atom stereocenters. The van der Waals surface area contributed by atoms with Crippen LogP contribution in [0.3, 0.4) is 0 Å². The number of hydrogen-bond acceptors (Lipinski definition) is 5. The number of benzene rings is 1. The largest absolute Gasteiger partial charge is 0.357 e. The normalized spacial score (nSPS) is 11.7. The Morgan fingerprint density at radius 2 is 1.93 bits per heavy atom. The molecular formula is C18H27IN4O2S2. The van der Waals surface area contributed by atoms with Gasteiger partial charge in [0.1, 0.15) is 0 Å². The predicted octanol–water partition coefficient (Wildman–Crippen LogP) is 2.90. The van der Waals surface area contributed by atoms with Gasteiger partial charge in [0.05, 0.1) is 22.2 Å². The third-order valence-corrected chi connectivity index (χ3v) is 6.57. The first-order valence-electron chi connectivity index (χ1n) is 8.78. The number of hydrogen-bond donors (Lipinski definition) is 2. The molecule has 6 nitrogen and oxygen atoms in total. The van der Waals surface area contributed by atoms with Crippen LogP contribution in [0.4, 0.5) is 0 Å². The monoisotopic (exact) mass is 522 g/mol. The van der Waals surface area contributed by atoms with Crippen LogP contribution in [0, 0.1) is 0 Å². The Balaban J connectivity index is 0.00000364. The zero-order valence-electron chi connectivity index (χ0n) is 15.6. The van der Waals surface area contributed by atoms with Crippen LogP contribution in [0.15, 0.2) is 46.4 Å². The molecule has 0 fully saturated rings. The summed E-state index contributed by atoms with van der Waals surface area (Å²) in [6.45, 7) is 5.73. The van der Waals surface area contributed by atoms with Crippen LogP contribution in [-0.2, 0) is 22.7 Å². The van der Waals surface area contributed by atoms with E-state index in [0.29, 0.717) is 23.9 Å². The second-order valence-corrected chi connectivity index (χ2v) is 8.95. The topological polar surface area (TPSA) is 83.5 Å². The van der Waals surface area contributed by atoms with Crippen LogP contribution in [0.25, 0.3) is 0 Å². The van der Waals surface area contributed by atoms with E-state index in [9.17, 15) is 8.42 Å². The van der Waals surface area contributed by atoms with E-state index in [-0.39, 0.29) is 36.3 Å². The molecule has 2 aromatic rings. The van der Waals surface area contributed by atoms with Crippen LogP contribution >= 0.6 is 35.3 Å². The molecule has 0 aliphatic rings. The molecule has 0 atom stereocenters. The molecule has 0 amide bonds. The molecular weight excluding hydrogens is 495 g/mol. The summed E-state index contributed by atoms with van der Waals surface area (Å²) in [6.07, 6.45) is 3.75. The van der Waals surface area contributed by atoms with Crippen LogP contribution in [-0.4, -0.2) is 44.7 Å². The molecule has 2 rings (SSSR count). The van der Waals surface area contributed by atoms with E-state index in [1.165, 1.54) is 4.88 Å². The van der Waals surface area contributed by atoms with E-state index < -0.39 is 9.84 Å². The lowest BCUT2D eigenvalue weighted by Gasteiger charge is -2.10. The van der Waals surface area contributed by atoms with Gasteiger partial charge in [-0.25, -0.2) is 13.4 Å². The first kappa shape index (κ1) is 23.8. The van der Waals surface area contributed by atoms with Crippen molar-refractivity contribution in [1.82, 2.24) is 15.6 Å². The lowest BCUT2D eigenvalue weighted by atomic mass is 10.4. The van der Waals surface area contributed by atoms with Crippen molar-refractivity contribution in [2.24, 2.45) is 4.99 Å². The maximum atomic E-state index is 12.3. The van der Waals surface area contributed by atoms with E-state index in [0.717, 1.165) is 17.8 Å². The van der Waals surface area contributed by atoms with Crippen LogP contribution in [0.1, 0.15) is 23.7 Å². The number of nitrogens with zero attached hydrogens (tertiary/aromatic N) is 2. The van der Waals surface area contributed by atoms with Crippen LogP contribution < -0.4 is 10.6 Å². The van der Waals surface area contributed by atoms with Gasteiger partial charge in [-0.3, -0.25) is 4.99 Å². The minimum atomic E-state index is -3.31. The number of aryl methyl sites for hydroxylation is 1. The predicted molar refractivity (Wildman–Crippen MR) is 123 cm³/mol. The van der Waals surface area contributed by atoms with Crippen molar-refractivity contribution in [2.75, 3.05) is 25.4 Å². The molecule has 9 heteroatoms. The van der Waals surface area contributed by atoms with Crippen molar-refractivity contribution in [2.45, 2.75) is 31.6 Å². The van der Waals surface area contributed by atoms with Crippen molar-refractivity contribution in [3.05, 3.63) is 46.4 Å². The number of aliphatic imine (C=N–C) groups is 1. The SMILES string of the molecule is CCNC(=NCCS(=O)(=O)c1ccccc1)NCCc1ncc(CC)s1.I. The first-order chi connectivity index (χ1) is 12.5. The lowest BCUT2D eigenvalue weighted by molar-refractivity contribution is 0.596. The first-order valence-corrected chi connectivity index (χ1v) is 11.3. The van der Waals surface area contributed by atoms with Gasteiger partial charge in [-0.05, 0) is 25.5 Å². The Kier molecular flexibility index (Phi) is 10.9. The van der Waals surface area contributed by atoms with Crippen LogP contribution in [0.2, 0.25) is 0 Å². The van der Waals surface area contributed by atoms with E-state index >= 15 is 0 Å². The zero-order valence-corrected chi connectivity index (χ0v) is 19.6. The van der Waals surface area contributed by atoms with Gasteiger partial charge in [0.2, 0.25) is 0 Å².